The number of hydrogen-bond donors (Lipinski definition) is 1. The van der Waals surface area contributed by atoms with Crippen LogP contribution in [-0.2, 0) is 21.6 Å². The first-order chi connectivity index (χ1) is 18.8. The van der Waals surface area contributed by atoms with Gasteiger partial charge in [-0.3, -0.25) is 0 Å². The molecule has 0 aliphatic heterocycles. The minimum absolute atomic E-state index is 0.0808. The van der Waals surface area contributed by atoms with Crippen molar-refractivity contribution in [1.82, 2.24) is 0 Å². The van der Waals surface area contributed by atoms with Crippen molar-refractivity contribution in [2.45, 2.75) is 77.7 Å². The van der Waals surface area contributed by atoms with E-state index in [2.05, 4.69) is 81.4 Å². The fraction of sp³-hybridized carbons (Fsp3) is 0.429. The van der Waals surface area contributed by atoms with Crippen molar-refractivity contribution < 1.29 is 19.6 Å². The highest BCUT2D eigenvalue weighted by Gasteiger charge is 2.31. The summed E-state index contributed by atoms with van der Waals surface area (Å²) in [4.78, 5) is 9.80. The minimum Gasteiger partial charge on any atom is -0.496 e. The monoisotopic (exact) mass is 530 g/mol. The van der Waals surface area contributed by atoms with Crippen LogP contribution in [0.25, 0.3) is 17.2 Å². The first-order valence-electron chi connectivity index (χ1n) is 14.3. The molecule has 0 radical (unpaired) electrons. The zero-order valence-corrected chi connectivity index (χ0v) is 24.8. The largest absolute Gasteiger partial charge is 0.496 e. The first kappa shape index (κ1) is 30.6. The Morgan fingerprint density at radius 2 is 1.46 bits per heavy atom. The summed E-state index contributed by atoms with van der Waals surface area (Å²) >= 11 is 0. The summed E-state index contributed by atoms with van der Waals surface area (Å²) in [6, 6.07) is 22.0. The lowest BCUT2D eigenvalue weighted by Crippen LogP contribution is -2.26. The van der Waals surface area contributed by atoms with E-state index in [0.29, 0.717) is 19.4 Å². The van der Waals surface area contributed by atoms with Crippen molar-refractivity contribution in [3.8, 4) is 16.9 Å². The summed E-state index contributed by atoms with van der Waals surface area (Å²) in [5.41, 5.74) is 7.56. The summed E-state index contributed by atoms with van der Waals surface area (Å²) in [7, 11) is 3.24. The fourth-order valence-electron chi connectivity index (χ4n) is 5.47. The third-order valence-electron chi connectivity index (χ3n) is 8.43. The molecule has 3 rings (SSSR count). The van der Waals surface area contributed by atoms with Crippen LogP contribution in [0.5, 0.6) is 5.75 Å². The Morgan fingerprint density at radius 3 is 2.03 bits per heavy atom. The number of ether oxygens (including phenoxy) is 1. The second-order valence-electron chi connectivity index (χ2n) is 10.4. The molecule has 4 heteroatoms. The number of aryl methyl sites for hydroxylation is 1. The van der Waals surface area contributed by atoms with E-state index in [-0.39, 0.29) is 5.41 Å². The van der Waals surface area contributed by atoms with Gasteiger partial charge in [-0.05, 0) is 84.5 Å². The van der Waals surface area contributed by atoms with Crippen molar-refractivity contribution >= 4 is 6.08 Å². The second kappa shape index (κ2) is 13.9. The third kappa shape index (κ3) is 7.00. The van der Waals surface area contributed by atoms with Gasteiger partial charge in [0.15, 0.2) is 0 Å². The van der Waals surface area contributed by atoms with E-state index in [9.17, 15) is 5.11 Å². The molecule has 0 amide bonds. The number of methoxy groups -OCH3 is 1. The van der Waals surface area contributed by atoms with Gasteiger partial charge >= 0.3 is 0 Å². The minimum atomic E-state index is -0.747. The van der Waals surface area contributed by atoms with Gasteiger partial charge in [-0.1, -0.05) is 88.4 Å². The lowest BCUT2D eigenvalue weighted by atomic mass is 9.70. The number of aliphatic hydroxyl groups is 1. The van der Waals surface area contributed by atoms with Crippen molar-refractivity contribution in [3.05, 3.63) is 94.6 Å². The molecular formula is C35H46O4. The molecule has 4 nitrogen and oxygen atoms in total. The lowest BCUT2D eigenvalue weighted by Gasteiger charge is -2.34. The lowest BCUT2D eigenvalue weighted by molar-refractivity contribution is -0.271. The SMILES string of the molecule is CCC(O)(/C=C/c1ccc(C(CC)(CC)c2ccc(-c3cc(CCOOC)ccc3OC)cc2)cc1C)CC. The van der Waals surface area contributed by atoms with Gasteiger partial charge in [-0.25, -0.2) is 9.78 Å². The number of rotatable bonds is 14. The average molecular weight is 531 g/mol. The Morgan fingerprint density at radius 1 is 0.795 bits per heavy atom. The van der Waals surface area contributed by atoms with Crippen LogP contribution in [0.3, 0.4) is 0 Å². The molecule has 0 aliphatic carbocycles. The summed E-state index contributed by atoms with van der Waals surface area (Å²) in [6.07, 6.45) is 8.21. The third-order valence-corrected chi connectivity index (χ3v) is 8.43. The van der Waals surface area contributed by atoms with Crippen molar-refractivity contribution in [2.24, 2.45) is 0 Å². The molecule has 0 spiro atoms. The van der Waals surface area contributed by atoms with E-state index >= 15 is 0 Å². The number of hydrogen-bond acceptors (Lipinski definition) is 4. The van der Waals surface area contributed by atoms with Crippen molar-refractivity contribution in [1.29, 1.82) is 0 Å². The van der Waals surface area contributed by atoms with Crippen molar-refractivity contribution in [3.63, 3.8) is 0 Å². The predicted molar refractivity (Wildman–Crippen MR) is 162 cm³/mol. The molecule has 0 aromatic heterocycles. The molecule has 210 valence electrons. The van der Waals surface area contributed by atoms with Gasteiger partial charge in [0.2, 0.25) is 0 Å². The maximum atomic E-state index is 10.7. The van der Waals surface area contributed by atoms with Crippen LogP contribution < -0.4 is 4.74 Å². The van der Waals surface area contributed by atoms with E-state index in [1.807, 2.05) is 26.0 Å². The zero-order valence-electron chi connectivity index (χ0n) is 24.8. The Labute approximate surface area is 235 Å². The molecule has 39 heavy (non-hydrogen) atoms. The molecule has 0 unspecified atom stereocenters. The standard InChI is InChI=1S/C35H46O4/c1-8-34(36,9-2)22-20-28-13-18-31(24-26(28)5)35(10-3,11-4)30-16-14-29(15-17-30)32-25-27(21-23-39-38-7)12-19-33(32)37-6/h12-20,22,24-25,36H,8-11,21,23H2,1-7H3/b22-20+. The van der Waals surface area contributed by atoms with Crippen LogP contribution in [0, 0.1) is 6.92 Å². The molecule has 0 fully saturated rings. The number of benzene rings is 3. The van der Waals surface area contributed by atoms with Gasteiger partial charge in [0, 0.05) is 11.0 Å². The van der Waals surface area contributed by atoms with Gasteiger partial charge in [0.05, 0.1) is 26.4 Å². The Hall–Kier alpha value is -2.92. The van der Waals surface area contributed by atoms with Gasteiger partial charge < -0.3 is 9.84 Å². The highest BCUT2D eigenvalue weighted by atomic mass is 17.2. The highest BCUT2D eigenvalue weighted by molar-refractivity contribution is 5.72. The molecule has 0 bridgehead atoms. The van der Waals surface area contributed by atoms with E-state index in [4.69, 9.17) is 14.5 Å². The zero-order chi connectivity index (χ0) is 28.5. The van der Waals surface area contributed by atoms with Gasteiger partial charge in [0.1, 0.15) is 5.75 Å². The second-order valence-corrected chi connectivity index (χ2v) is 10.4. The van der Waals surface area contributed by atoms with Gasteiger partial charge in [-0.2, -0.15) is 0 Å². The molecule has 0 aliphatic rings. The molecule has 1 N–H and O–H groups in total. The quantitative estimate of drug-likeness (QED) is 0.129. The Kier molecular flexibility index (Phi) is 10.9. The van der Waals surface area contributed by atoms with Crippen LogP contribution >= 0.6 is 0 Å². The molecule has 0 atom stereocenters. The molecule has 0 heterocycles. The van der Waals surface area contributed by atoms with E-state index in [0.717, 1.165) is 41.7 Å². The molecule has 3 aromatic carbocycles. The Balaban J connectivity index is 1.95. The fourth-order valence-corrected chi connectivity index (χ4v) is 5.47. The predicted octanol–water partition coefficient (Wildman–Crippen LogP) is 8.46. The van der Waals surface area contributed by atoms with Crippen LogP contribution in [-0.4, -0.2) is 31.5 Å². The van der Waals surface area contributed by atoms with Gasteiger partial charge in [0.25, 0.3) is 0 Å². The topological polar surface area (TPSA) is 47.9 Å². The van der Waals surface area contributed by atoms with Crippen LogP contribution in [0.15, 0.2) is 66.7 Å². The summed E-state index contributed by atoms with van der Waals surface area (Å²) < 4.78 is 5.69. The van der Waals surface area contributed by atoms with E-state index < -0.39 is 5.60 Å². The van der Waals surface area contributed by atoms with Crippen LogP contribution in [0.4, 0.5) is 0 Å². The summed E-state index contributed by atoms with van der Waals surface area (Å²) in [6.45, 7) is 11.3. The normalized spacial score (nSPS) is 12.3. The highest BCUT2D eigenvalue weighted by Crippen LogP contribution is 2.41. The van der Waals surface area contributed by atoms with E-state index in [1.165, 1.54) is 29.4 Å². The molecule has 3 aromatic rings. The molecular weight excluding hydrogens is 484 g/mol. The Bertz CT molecular complexity index is 1220. The average Bonchev–Trinajstić information content (AvgIpc) is 2.98. The van der Waals surface area contributed by atoms with Crippen LogP contribution in [0.1, 0.15) is 81.2 Å². The summed E-state index contributed by atoms with van der Waals surface area (Å²) in [5.74, 6) is 0.855. The van der Waals surface area contributed by atoms with E-state index in [1.54, 1.807) is 7.11 Å². The smallest absolute Gasteiger partial charge is 0.126 e. The maximum absolute atomic E-state index is 10.7. The van der Waals surface area contributed by atoms with Crippen LogP contribution in [0.2, 0.25) is 0 Å². The first-order valence-corrected chi connectivity index (χ1v) is 14.3. The molecule has 0 saturated carbocycles. The maximum Gasteiger partial charge on any atom is 0.126 e. The van der Waals surface area contributed by atoms with Crippen molar-refractivity contribution in [2.75, 3.05) is 20.8 Å². The molecule has 0 saturated heterocycles. The summed E-state index contributed by atoms with van der Waals surface area (Å²) in [5, 5.41) is 10.7. The van der Waals surface area contributed by atoms with Gasteiger partial charge in [-0.15, -0.1) is 0 Å².